The zero-order valence-electron chi connectivity index (χ0n) is 10.2. The molecule has 2 unspecified atom stereocenters. The lowest BCUT2D eigenvalue weighted by Crippen LogP contribution is -2.34. The topological polar surface area (TPSA) is 34.1 Å². The van der Waals surface area contributed by atoms with Crippen LogP contribution in [0.25, 0.3) is 0 Å². The Morgan fingerprint density at radius 1 is 1.29 bits per heavy atom. The van der Waals surface area contributed by atoms with Gasteiger partial charge in [0.05, 0.1) is 17.8 Å². The Kier molecular flexibility index (Phi) is 3.94. The maximum atomic E-state index is 5.97. The van der Waals surface area contributed by atoms with Gasteiger partial charge in [0.15, 0.2) is 0 Å². The molecule has 1 aromatic rings. The average Bonchev–Trinajstić information content (AvgIpc) is 2.38. The van der Waals surface area contributed by atoms with Crippen molar-refractivity contribution in [3.8, 4) is 0 Å². The fourth-order valence-corrected chi connectivity index (χ4v) is 1.83. The Morgan fingerprint density at radius 2 is 2.18 bits per heavy atom. The summed E-state index contributed by atoms with van der Waals surface area (Å²) in [5.74, 6) is 0. The van der Waals surface area contributed by atoms with E-state index in [-0.39, 0.29) is 18.2 Å². The van der Waals surface area contributed by atoms with Gasteiger partial charge in [-0.15, -0.1) is 0 Å². The van der Waals surface area contributed by atoms with Crippen LogP contribution < -0.4 is 5.32 Å². The molecule has 0 saturated heterocycles. The second-order valence-corrected chi connectivity index (χ2v) is 4.30. The molecule has 0 amide bonds. The number of ether oxygens (including phenoxy) is 1. The normalized spacial score (nSPS) is 20.3. The highest BCUT2D eigenvalue weighted by Gasteiger charge is 2.23. The molecule has 17 heavy (non-hydrogen) atoms. The third-order valence-electron chi connectivity index (χ3n) is 2.54. The lowest BCUT2D eigenvalue weighted by molar-refractivity contribution is -0.00716. The lowest BCUT2D eigenvalue weighted by Gasteiger charge is -2.27. The van der Waals surface area contributed by atoms with Crippen LogP contribution in [0.4, 0.5) is 0 Å². The SMILES string of the molecule is CC(C)OC(c1ccccn1)C1C=CC=CN1. The number of aromatic nitrogens is 1. The molecule has 90 valence electrons. The van der Waals surface area contributed by atoms with Gasteiger partial charge in [-0.3, -0.25) is 4.98 Å². The molecule has 0 aromatic carbocycles. The van der Waals surface area contributed by atoms with Crippen molar-refractivity contribution in [3.63, 3.8) is 0 Å². The summed E-state index contributed by atoms with van der Waals surface area (Å²) in [7, 11) is 0. The van der Waals surface area contributed by atoms with E-state index in [9.17, 15) is 0 Å². The first-order valence-corrected chi connectivity index (χ1v) is 5.93. The number of pyridine rings is 1. The van der Waals surface area contributed by atoms with E-state index in [0.29, 0.717) is 0 Å². The van der Waals surface area contributed by atoms with E-state index in [1.807, 2.05) is 50.4 Å². The van der Waals surface area contributed by atoms with Crippen LogP contribution in [0, 0.1) is 0 Å². The van der Waals surface area contributed by atoms with Crippen molar-refractivity contribution in [1.82, 2.24) is 10.3 Å². The van der Waals surface area contributed by atoms with Crippen LogP contribution in [0.2, 0.25) is 0 Å². The molecule has 0 bridgehead atoms. The Balaban J connectivity index is 2.19. The van der Waals surface area contributed by atoms with Gasteiger partial charge >= 0.3 is 0 Å². The smallest absolute Gasteiger partial charge is 0.123 e. The first-order valence-electron chi connectivity index (χ1n) is 5.93. The van der Waals surface area contributed by atoms with E-state index in [1.54, 1.807) is 6.20 Å². The summed E-state index contributed by atoms with van der Waals surface area (Å²) in [6.45, 7) is 4.08. The molecule has 0 fully saturated rings. The molecular formula is C14H18N2O. The summed E-state index contributed by atoms with van der Waals surface area (Å²) in [5.41, 5.74) is 0.957. The number of dihydropyridines is 1. The summed E-state index contributed by atoms with van der Waals surface area (Å²) in [4.78, 5) is 4.38. The molecule has 2 rings (SSSR count). The lowest BCUT2D eigenvalue weighted by atomic mass is 10.0. The highest BCUT2D eigenvalue weighted by molar-refractivity contribution is 5.19. The monoisotopic (exact) mass is 230 g/mol. The van der Waals surface area contributed by atoms with Gasteiger partial charge in [0.25, 0.3) is 0 Å². The number of hydrogen-bond donors (Lipinski definition) is 1. The van der Waals surface area contributed by atoms with Gasteiger partial charge in [0, 0.05) is 6.20 Å². The molecule has 1 aromatic heterocycles. The van der Waals surface area contributed by atoms with Gasteiger partial charge in [0.2, 0.25) is 0 Å². The maximum Gasteiger partial charge on any atom is 0.123 e. The molecule has 0 aliphatic carbocycles. The quantitative estimate of drug-likeness (QED) is 0.863. The minimum absolute atomic E-state index is 0.0580. The van der Waals surface area contributed by atoms with Crippen LogP contribution in [0.3, 0.4) is 0 Å². The van der Waals surface area contributed by atoms with Gasteiger partial charge in [-0.2, -0.15) is 0 Å². The fourth-order valence-electron chi connectivity index (χ4n) is 1.83. The molecule has 0 radical (unpaired) electrons. The molecule has 3 heteroatoms. The van der Waals surface area contributed by atoms with E-state index in [4.69, 9.17) is 4.74 Å². The second-order valence-electron chi connectivity index (χ2n) is 4.30. The average molecular weight is 230 g/mol. The van der Waals surface area contributed by atoms with E-state index in [1.165, 1.54) is 0 Å². The standard InChI is InChI=1S/C14H18N2O/c1-11(2)17-14(12-7-3-5-9-15-12)13-8-4-6-10-16-13/h3-12,14-15H,1-2H3. The van der Waals surface area contributed by atoms with Crippen molar-refractivity contribution < 1.29 is 4.74 Å². The summed E-state index contributed by atoms with van der Waals surface area (Å²) in [6.07, 6.45) is 9.95. The summed E-state index contributed by atoms with van der Waals surface area (Å²) < 4.78 is 5.97. The van der Waals surface area contributed by atoms with Gasteiger partial charge in [-0.25, -0.2) is 0 Å². The van der Waals surface area contributed by atoms with Crippen molar-refractivity contribution in [1.29, 1.82) is 0 Å². The minimum Gasteiger partial charge on any atom is -0.382 e. The first-order chi connectivity index (χ1) is 8.27. The molecule has 0 saturated carbocycles. The first kappa shape index (κ1) is 11.9. The van der Waals surface area contributed by atoms with Crippen LogP contribution in [0.5, 0.6) is 0 Å². The zero-order chi connectivity index (χ0) is 12.1. The van der Waals surface area contributed by atoms with Gasteiger partial charge in [0.1, 0.15) is 6.10 Å². The third-order valence-corrected chi connectivity index (χ3v) is 2.54. The Bertz CT molecular complexity index is 398. The maximum absolute atomic E-state index is 5.97. The van der Waals surface area contributed by atoms with Gasteiger partial charge < -0.3 is 10.1 Å². The van der Waals surface area contributed by atoms with E-state index < -0.39 is 0 Å². The van der Waals surface area contributed by atoms with Crippen LogP contribution in [-0.4, -0.2) is 17.1 Å². The second kappa shape index (κ2) is 5.64. The Morgan fingerprint density at radius 3 is 2.76 bits per heavy atom. The third kappa shape index (κ3) is 3.17. The number of nitrogens with one attached hydrogen (secondary N) is 1. The molecule has 2 heterocycles. The van der Waals surface area contributed by atoms with Crippen molar-refractivity contribution in [2.75, 3.05) is 0 Å². The number of nitrogens with zero attached hydrogens (tertiary/aromatic N) is 1. The zero-order valence-corrected chi connectivity index (χ0v) is 10.2. The molecular weight excluding hydrogens is 212 g/mol. The predicted molar refractivity (Wildman–Crippen MR) is 68.4 cm³/mol. The highest BCUT2D eigenvalue weighted by Crippen LogP contribution is 2.23. The van der Waals surface area contributed by atoms with E-state index in [2.05, 4.69) is 16.4 Å². The fraction of sp³-hybridized carbons (Fsp3) is 0.357. The Hall–Kier alpha value is -1.61. The van der Waals surface area contributed by atoms with Crippen LogP contribution in [0.1, 0.15) is 25.6 Å². The van der Waals surface area contributed by atoms with E-state index in [0.717, 1.165) is 5.69 Å². The molecule has 2 atom stereocenters. The summed E-state index contributed by atoms with van der Waals surface area (Å²) in [5, 5.41) is 3.29. The largest absolute Gasteiger partial charge is 0.382 e. The van der Waals surface area contributed by atoms with Gasteiger partial charge in [-0.05, 0) is 38.3 Å². The molecule has 0 spiro atoms. The minimum atomic E-state index is -0.0580. The van der Waals surface area contributed by atoms with Crippen LogP contribution >= 0.6 is 0 Å². The van der Waals surface area contributed by atoms with Gasteiger partial charge in [-0.1, -0.05) is 18.2 Å². The number of allylic oxidation sites excluding steroid dienone is 2. The van der Waals surface area contributed by atoms with Crippen molar-refractivity contribution in [2.24, 2.45) is 0 Å². The molecule has 1 aliphatic heterocycles. The van der Waals surface area contributed by atoms with Crippen LogP contribution in [0.15, 0.2) is 48.8 Å². The number of hydrogen-bond acceptors (Lipinski definition) is 3. The van der Waals surface area contributed by atoms with E-state index >= 15 is 0 Å². The number of rotatable bonds is 4. The Labute approximate surface area is 102 Å². The van der Waals surface area contributed by atoms with Crippen LogP contribution in [-0.2, 0) is 4.74 Å². The molecule has 1 aliphatic rings. The summed E-state index contributed by atoms with van der Waals surface area (Å²) >= 11 is 0. The van der Waals surface area contributed by atoms with Crippen molar-refractivity contribution >= 4 is 0 Å². The highest BCUT2D eigenvalue weighted by atomic mass is 16.5. The summed E-state index contributed by atoms with van der Waals surface area (Å²) in [6, 6.07) is 6.04. The molecule has 1 N–H and O–H groups in total. The molecule has 3 nitrogen and oxygen atoms in total. The van der Waals surface area contributed by atoms with Crippen molar-refractivity contribution in [2.45, 2.75) is 32.1 Å². The van der Waals surface area contributed by atoms with Crippen molar-refractivity contribution in [3.05, 3.63) is 54.5 Å². The predicted octanol–water partition coefficient (Wildman–Crippen LogP) is 2.59.